The van der Waals surface area contributed by atoms with Crippen molar-refractivity contribution in [3.63, 3.8) is 0 Å². The molecule has 55 heavy (non-hydrogen) atoms. The SMILES string of the molecule is C#CCCC(CC(=O)[C@@H]1[C@H]2CCC(C)(C)[C@H]2CN1C(=O)[C@@H](NC(=O)N[C@H](CN1C(=O)CC(C)(C)CC1=O)C(C)(C)C)C1CCCCC1)C(=O)C(=O)CCC=C. The fraction of sp³-hybridized carbons (Fsp3) is 0.750. The van der Waals surface area contributed by atoms with Crippen LogP contribution in [0.3, 0.4) is 0 Å². The van der Waals surface area contributed by atoms with Crippen molar-refractivity contribution in [2.45, 2.75) is 156 Å². The van der Waals surface area contributed by atoms with E-state index < -0.39 is 52.5 Å². The first-order valence-electron chi connectivity index (χ1n) is 20.6. The molecular formula is C44H66N4O7. The molecule has 5 amide bonds. The molecule has 2 N–H and O–H groups in total. The molecule has 0 spiro atoms. The van der Waals surface area contributed by atoms with Gasteiger partial charge < -0.3 is 15.5 Å². The highest BCUT2D eigenvalue weighted by Gasteiger charge is 2.57. The number of rotatable bonds is 16. The lowest BCUT2D eigenvalue weighted by Crippen LogP contribution is -2.61. The molecule has 4 aliphatic rings. The first-order valence-corrected chi connectivity index (χ1v) is 20.6. The van der Waals surface area contributed by atoms with E-state index in [1.54, 1.807) is 11.0 Å². The Bertz CT molecular complexity index is 1520. The average molecular weight is 763 g/mol. The number of piperidine rings is 1. The molecule has 0 aromatic rings. The molecule has 1 unspecified atom stereocenters. The van der Waals surface area contributed by atoms with E-state index in [9.17, 15) is 33.6 Å². The molecule has 11 heteroatoms. The zero-order valence-electron chi connectivity index (χ0n) is 34.5. The van der Waals surface area contributed by atoms with Crippen LogP contribution in [0.1, 0.15) is 138 Å². The summed E-state index contributed by atoms with van der Waals surface area (Å²) in [5.41, 5.74) is -1.09. The second kappa shape index (κ2) is 18.0. The fourth-order valence-electron chi connectivity index (χ4n) is 9.49. The number of nitrogens with one attached hydrogen (secondary N) is 2. The number of ketones is 3. The van der Waals surface area contributed by atoms with Gasteiger partial charge in [-0.2, -0.15) is 0 Å². The smallest absolute Gasteiger partial charge is 0.315 e. The van der Waals surface area contributed by atoms with Crippen LogP contribution >= 0.6 is 0 Å². The van der Waals surface area contributed by atoms with E-state index in [0.717, 1.165) is 44.9 Å². The molecule has 0 bridgehead atoms. The number of urea groups is 1. The molecule has 4 rings (SSSR count). The maximum Gasteiger partial charge on any atom is 0.315 e. The topological polar surface area (TPSA) is 150 Å². The highest BCUT2D eigenvalue weighted by molar-refractivity contribution is 6.38. The van der Waals surface area contributed by atoms with Gasteiger partial charge in [-0.25, -0.2) is 4.79 Å². The Labute approximate surface area is 328 Å². The molecule has 4 fully saturated rings. The van der Waals surface area contributed by atoms with Gasteiger partial charge in [0, 0.05) is 51.1 Å². The van der Waals surface area contributed by atoms with E-state index in [1.165, 1.54) is 4.90 Å². The minimum Gasteiger partial charge on any atom is -0.333 e. The summed E-state index contributed by atoms with van der Waals surface area (Å²) in [6.07, 6.45) is 14.2. The number of amides is 5. The van der Waals surface area contributed by atoms with Gasteiger partial charge in [-0.3, -0.25) is 33.7 Å². The van der Waals surface area contributed by atoms with Crippen LogP contribution in [-0.2, 0) is 28.8 Å². The Morgan fingerprint density at radius 2 is 1.62 bits per heavy atom. The molecule has 2 aliphatic heterocycles. The second-order valence-corrected chi connectivity index (χ2v) is 19.3. The predicted octanol–water partition coefficient (Wildman–Crippen LogP) is 6.18. The summed E-state index contributed by atoms with van der Waals surface area (Å²) in [6.45, 7) is 17.9. The zero-order valence-corrected chi connectivity index (χ0v) is 34.5. The summed E-state index contributed by atoms with van der Waals surface area (Å²) in [5, 5.41) is 6.06. The van der Waals surface area contributed by atoms with Crippen LogP contribution in [0.25, 0.3) is 0 Å². The molecule has 2 saturated heterocycles. The number of hydrogen-bond donors (Lipinski definition) is 2. The number of nitrogens with zero attached hydrogens (tertiary/aromatic N) is 2. The third-order valence-corrected chi connectivity index (χ3v) is 12.9. The quantitative estimate of drug-likeness (QED) is 0.0826. The van der Waals surface area contributed by atoms with E-state index in [-0.39, 0.29) is 91.7 Å². The van der Waals surface area contributed by atoms with Crippen LogP contribution < -0.4 is 10.6 Å². The highest BCUT2D eigenvalue weighted by atomic mass is 16.2. The summed E-state index contributed by atoms with van der Waals surface area (Å²) in [6, 6.07) is -2.86. The monoisotopic (exact) mass is 762 g/mol. The van der Waals surface area contributed by atoms with Crippen LogP contribution in [-0.4, -0.2) is 82.1 Å². The third kappa shape index (κ3) is 10.7. The molecule has 0 radical (unpaired) electrons. The predicted molar refractivity (Wildman–Crippen MR) is 211 cm³/mol. The van der Waals surface area contributed by atoms with Gasteiger partial charge in [0.25, 0.3) is 0 Å². The van der Waals surface area contributed by atoms with E-state index >= 15 is 0 Å². The lowest BCUT2D eigenvalue weighted by atomic mass is 9.78. The van der Waals surface area contributed by atoms with E-state index in [2.05, 4.69) is 37.0 Å². The van der Waals surface area contributed by atoms with E-state index in [4.69, 9.17) is 6.42 Å². The molecule has 2 heterocycles. The number of allylic oxidation sites excluding steroid dienone is 1. The first kappa shape index (κ1) is 43.9. The van der Waals surface area contributed by atoms with E-state index in [1.807, 2.05) is 34.6 Å². The molecular weight excluding hydrogens is 697 g/mol. The Kier molecular flexibility index (Phi) is 14.4. The Balaban J connectivity index is 1.61. The van der Waals surface area contributed by atoms with Gasteiger partial charge in [0.1, 0.15) is 6.04 Å². The molecule has 11 nitrogen and oxygen atoms in total. The number of Topliss-reactive ketones (excluding diaryl/α,β-unsaturated/α-hetero) is 3. The van der Waals surface area contributed by atoms with Crippen molar-refractivity contribution in [1.82, 2.24) is 20.4 Å². The number of terminal acetylenes is 1. The maximum atomic E-state index is 15.0. The standard InChI is InChI=1S/C44H66N4O7/c1-10-12-17-29(39(53)32(49)20-13-11-2)23-33(50)38-30-21-22-44(8,9)31(30)26-48(38)40(54)37(28-18-15-14-16-19-28)46-41(55)45-34(42(3,4)5)27-47-35(51)24-43(6,7)25-36(47)52/h1,11,28-31,34,37-38H,2,12-27H2,3-9H3,(H2,45,46,55)/t29?,30-,31-,34+,37-,38-/m0/s1. The Morgan fingerprint density at radius 3 is 2.20 bits per heavy atom. The Hall–Kier alpha value is -3.81. The molecule has 2 aliphatic carbocycles. The van der Waals surface area contributed by atoms with Crippen LogP contribution in [0.2, 0.25) is 0 Å². The lowest BCUT2D eigenvalue weighted by Gasteiger charge is -2.40. The van der Waals surface area contributed by atoms with Crippen molar-refractivity contribution in [1.29, 1.82) is 0 Å². The highest BCUT2D eigenvalue weighted by Crippen LogP contribution is 2.53. The Morgan fingerprint density at radius 1 is 0.982 bits per heavy atom. The van der Waals surface area contributed by atoms with Gasteiger partial charge in [-0.05, 0) is 72.5 Å². The number of carbonyl (C=O) groups excluding carboxylic acids is 7. The first-order chi connectivity index (χ1) is 25.7. The number of fused-ring (bicyclic) bond motifs is 1. The van der Waals surface area contributed by atoms with Crippen molar-refractivity contribution in [3.05, 3.63) is 12.7 Å². The normalized spacial score (nSPS) is 25.3. The zero-order chi connectivity index (χ0) is 40.9. The van der Waals surface area contributed by atoms with Crippen LogP contribution in [0.5, 0.6) is 0 Å². The van der Waals surface area contributed by atoms with Crippen molar-refractivity contribution in [2.75, 3.05) is 13.1 Å². The van der Waals surface area contributed by atoms with Gasteiger partial charge in [-0.15, -0.1) is 18.9 Å². The van der Waals surface area contributed by atoms with Crippen LogP contribution in [0.4, 0.5) is 4.79 Å². The van der Waals surface area contributed by atoms with Crippen LogP contribution in [0.15, 0.2) is 12.7 Å². The fourth-order valence-corrected chi connectivity index (χ4v) is 9.49. The summed E-state index contributed by atoms with van der Waals surface area (Å²) in [4.78, 5) is 98.8. The molecule has 304 valence electrons. The maximum absolute atomic E-state index is 15.0. The summed E-state index contributed by atoms with van der Waals surface area (Å²) < 4.78 is 0. The molecule has 0 aromatic carbocycles. The van der Waals surface area contributed by atoms with Crippen LogP contribution in [0, 0.1) is 52.3 Å². The lowest BCUT2D eigenvalue weighted by molar-refractivity contribution is -0.153. The van der Waals surface area contributed by atoms with Crippen molar-refractivity contribution in [3.8, 4) is 12.3 Å². The van der Waals surface area contributed by atoms with Gasteiger partial charge in [0.05, 0.1) is 12.1 Å². The largest absolute Gasteiger partial charge is 0.333 e. The second-order valence-electron chi connectivity index (χ2n) is 19.3. The molecule has 0 aromatic heterocycles. The van der Waals surface area contributed by atoms with Gasteiger partial charge >= 0.3 is 6.03 Å². The average Bonchev–Trinajstić information content (AvgIpc) is 3.64. The van der Waals surface area contributed by atoms with Gasteiger partial charge in [-0.1, -0.05) is 73.8 Å². The third-order valence-electron chi connectivity index (χ3n) is 12.9. The minimum absolute atomic E-state index is 0.0174. The summed E-state index contributed by atoms with van der Waals surface area (Å²) in [7, 11) is 0. The number of hydrogen-bond acceptors (Lipinski definition) is 7. The summed E-state index contributed by atoms with van der Waals surface area (Å²) in [5.74, 6) is -0.786. The number of imide groups is 1. The van der Waals surface area contributed by atoms with Gasteiger partial charge in [0.15, 0.2) is 11.6 Å². The van der Waals surface area contributed by atoms with E-state index in [0.29, 0.717) is 13.0 Å². The van der Waals surface area contributed by atoms with Crippen molar-refractivity contribution >= 4 is 41.1 Å². The number of likely N-dealkylation sites (tertiary alicyclic amines) is 2. The molecule has 2 saturated carbocycles. The summed E-state index contributed by atoms with van der Waals surface area (Å²) >= 11 is 0. The van der Waals surface area contributed by atoms with Crippen molar-refractivity contribution in [2.24, 2.45) is 39.9 Å². The minimum atomic E-state index is -0.906. The van der Waals surface area contributed by atoms with Gasteiger partial charge in [0.2, 0.25) is 23.5 Å². The van der Waals surface area contributed by atoms with Crippen molar-refractivity contribution < 1.29 is 33.6 Å². The number of carbonyl (C=O) groups is 7. The molecule has 6 atom stereocenters.